The van der Waals surface area contributed by atoms with Crippen LogP contribution in [0.25, 0.3) is 0 Å². The molecule has 13 heavy (non-hydrogen) atoms. The Bertz CT molecular complexity index is 143. The molecule has 4 unspecified atom stereocenters. The Morgan fingerprint density at radius 3 is 1.85 bits per heavy atom. The molecule has 0 bridgehead atoms. The number of rotatable bonds is 5. The first-order valence-electron chi connectivity index (χ1n) is 3.33. The third-order valence-electron chi connectivity index (χ3n) is 1.42. The van der Waals surface area contributed by atoms with Crippen LogP contribution in [0.3, 0.4) is 0 Å². The fourth-order valence-corrected chi connectivity index (χ4v) is 0.618. The second-order valence-electron chi connectivity index (χ2n) is 2.36. The normalized spacial score (nSPS) is 19.5. The van der Waals surface area contributed by atoms with Gasteiger partial charge in [0.2, 0.25) is 0 Å². The van der Waals surface area contributed by atoms with Crippen LogP contribution < -0.4 is 0 Å². The molecule has 0 rings (SSSR count). The molecule has 6 nitrogen and oxygen atoms in total. The second kappa shape index (κ2) is 8.07. The van der Waals surface area contributed by atoms with E-state index in [9.17, 15) is 4.79 Å². The van der Waals surface area contributed by atoms with Gasteiger partial charge in [0.15, 0.2) is 6.29 Å². The van der Waals surface area contributed by atoms with Gasteiger partial charge >= 0.3 is 0 Å². The van der Waals surface area contributed by atoms with Crippen LogP contribution in [-0.2, 0) is 4.79 Å². The number of hydrogen-bond donors (Lipinski definition) is 5. The third-order valence-corrected chi connectivity index (χ3v) is 1.42. The smallest absolute Gasteiger partial charge is 0.151 e. The van der Waals surface area contributed by atoms with Crippen molar-refractivity contribution in [3.63, 3.8) is 0 Å². The van der Waals surface area contributed by atoms with Gasteiger partial charge in [-0.1, -0.05) is 0 Å². The first-order valence-corrected chi connectivity index (χ1v) is 3.33. The van der Waals surface area contributed by atoms with E-state index in [1.165, 1.54) is 0 Å². The maximum absolute atomic E-state index is 9.90. The molecule has 0 saturated heterocycles. The van der Waals surface area contributed by atoms with Crippen LogP contribution in [0.1, 0.15) is 0 Å². The van der Waals surface area contributed by atoms with Crippen molar-refractivity contribution in [3.8, 4) is 0 Å². The Labute approximate surface area is 105 Å². The van der Waals surface area contributed by atoms with Crippen LogP contribution in [0.5, 0.6) is 0 Å². The van der Waals surface area contributed by atoms with E-state index in [1.807, 2.05) is 0 Å². The molecule has 0 radical (unpaired) electrons. The Kier molecular flexibility index (Phi) is 10.0. The first kappa shape index (κ1) is 16.2. The summed E-state index contributed by atoms with van der Waals surface area (Å²) < 4.78 is 0. The summed E-state index contributed by atoms with van der Waals surface area (Å²) in [6.45, 7) is -0.760. The van der Waals surface area contributed by atoms with E-state index in [1.54, 1.807) is 0 Å². The van der Waals surface area contributed by atoms with E-state index in [4.69, 9.17) is 25.5 Å². The van der Waals surface area contributed by atoms with E-state index in [2.05, 4.69) is 0 Å². The van der Waals surface area contributed by atoms with Gasteiger partial charge < -0.3 is 30.3 Å². The molecule has 7 heteroatoms. The summed E-state index contributed by atoms with van der Waals surface area (Å²) in [4.78, 5) is 9.90. The molecule has 0 saturated carbocycles. The maximum Gasteiger partial charge on any atom is 0.151 e. The Balaban J connectivity index is 0. The van der Waals surface area contributed by atoms with Crippen molar-refractivity contribution in [2.75, 3.05) is 6.61 Å². The largest absolute Gasteiger partial charge is 0.394 e. The summed E-state index contributed by atoms with van der Waals surface area (Å²) >= 11 is 0. The van der Waals surface area contributed by atoms with Crippen molar-refractivity contribution in [1.82, 2.24) is 0 Å². The Morgan fingerprint density at radius 2 is 1.54 bits per heavy atom. The van der Waals surface area contributed by atoms with Crippen molar-refractivity contribution >= 4 is 6.29 Å². The van der Waals surface area contributed by atoms with E-state index >= 15 is 0 Å². The number of aliphatic hydroxyl groups excluding tert-OH is 5. The molecule has 0 aliphatic heterocycles. The van der Waals surface area contributed by atoms with E-state index in [-0.39, 0.29) is 44.0 Å². The van der Waals surface area contributed by atoms with Crippen LogP contribution >= 0.6 is 0 Å². The zero-order valence-corrected chi connectivity index (χ0v) is 7.30. The fraction of sp³-hybridized carbons (Fsp3) is 0.833. The maximum atomic E-state index is 9.90. The molecule has 0 fully saturated rings. The molecule has 0 amide bonds. The number of carbonyl (C=O) groups is 1. The Hall–Kier alpha value is 0.730. The number of hydrogen-bond acceptors (Lipinski definition) is 6. The predicted molar refractivity (Wildman–Crippen MR) is 37.2 cm³/mol. The second-order valence-corrected chi connectivity index (χ2v) is 2.36. The van der Waals surface area contributed by atoms with Crippen molar-refractivity contribution in [2.24, 2.45) is 0 Å². The third kappa shape index (κ3) is 5.24. The minimum Gasteiger partial charge on any atom is -0.394 e. The minimum atomic E-state index is -1.79. The molecule has 0 aromatic heterocycles. The zero-order valence-electron chi connectivity index (χ0n) is 6.59. The number of carbonyl (C=O) groups excluding carboxylic acids is 1. The van der Waals surface area contributed by atoms with Gasteiger partial charge in [0, 0.05) is 37.7 Å². The summed E-state index contributed by atoms with van der Waals surface area (Å²) in [5.74, 6) is 0. The molecule has 0 aliphatic rings. The van der Waals surface area contributed by atoms with Crippen LogP contribution in [0.15, 0.2) is 0 Å². The average Bonchev–Trinajstić information content (AvgIpc) is 2.12. The van der Waals surface area contributed by atoms with Crippen LogP contribution in [-0.4, -0.2) is 62.8 Å². The minimum absolute atomic E-state index is 0. The van der Waals surface area contributed by atoms with Gasteiger partial charge in [-0.05, 0) is 0 Å². The topological polar surface area (TPSA) is 118 Å². The van der Waals surface area contributed by atoms with Gasteiger partial charge in [0.25, 0.3) is 0 Å². The zero-order chi connectivity index (χ0) is 9.72. The molecular formula is C6H12ArO6. The molecule has 0 heterocycles. The van der Waals surface area contributed by atoms with Gasteiger partial charge in [-0.3, -0.25) is 0 Å². The van der Waals surface area contributed by atoms with E-state index < -0.39 is 31.0 Å². The number of aldehydes is 1. The first-order chi connectivity index (χ1) is 5.54. The van der Waals surface area contributed by atoms with E-state index in [0.29, 0.717) is 0 Å². The van der Waals surface area contributed by atoms with Gasteiger partial charge in [0.05, 0.1) is 6.61 Å². The van der Waals surface area contributed by atoms with Crippen molar-refractivity contribution in [3.05, 3.63) is 0 Å². The van der Waals surface area contributed by atoms with Gasteiger partial charge in [-0.2, -0.15) is 0 Å². The fourth-order valence-electron chi connectivity index (χ4n) is 0.618. The molecule has 0 spiro atoms. The summed E-state index contributed by atoms with van der Waals surface area (Å²) in [6, 6.07) is 0. The SMILES string of the molecule is O=CC(O)C(O)C(O)C(O)CO.[Ar]. The van der Waals surface area contributed by atoms with Crippen LogP contribution in [0, 0.1) is 37.7 Å². The summed E-state index contributed by atoms with van der Waals surface area (Å²) in [6.07, 6.45) is -6.84. The average molecular weight is 220 g/mol. The molecule has 0 aliphatic carbocycles. The quantitative estimate of drug-likeness (QED) is 0.308. The molecular weight excluding hydrogens is 208 g/mol. The molecule has 80 valence electrons. The molecule has 0 aromatic rings. The predicted octanol–water partition coefficient (Wildman–Crippen LogP) is -3.38. The van der Waals surface area contributed by atoms with Crippen LogP contribution in [0.4, 0.5) is 0 Å². The molecule has 5 N–H and O–H groups in total. The number of aliphatic hydroxyl groups is 5. The van der Waals surface area contributed by atoms with Crippen molar-refractivity contribution < 1.29 is 68.1 Å². The summed E-state index contributed by atoms with van der Waals surface area (Å²) in [5.41, 5.74) is 0. The summed E-state index contributed by atoms with van der Waals surface area (Å²) in [7, 11) is 0. The molecule has 4 atom stereocenters. The standard InChI is InChI=1S/C6H12O6.Ar/c7-1-3(9)5(11)6(12)4(10)2-8;/h1,3-6,8-12H,2H2;. The van der Waals surface area contributed by atoms with Gasteiger partial charge in [-0.15, -0.1) is 0 Å². The van der Waals surface area contributed by atoms with Gasteiger partial charge in [-0.25, -0.2) is 0 Å². The van der Waals surface area contributed by atoms with Crippen LogP contribution in [0.2, 0.25) is 0 Å². The monoisotopic (exact) mass is 220 g/mol. The van der Waals surface area contributed by atoms with E-state index in [0.717, 1.165) is 0 Å². The van der Waals surface area contributed by atoms with Gasteiger partial charge in [0.1, 0.15) is 24.4 Å². The van der Waals surface area contributed by atoms with Crippen molar-refractivity contribution in [2.45, 2.75) is 24.4 Å². The Morgan fingerprint density at radius 1 is 1.08 bits per heavy atom. The van der Waals surface area contributed by atoms with Crippen molar-refractivity contribution in [1.29, 1.82) is 0 Å². The molecule has 0 aromatic carbocycles. The summed E-state index contributed by atoms with van der Waals surface area (Å²) in [5, 5.41) is 43.5.